The van der Waals surface area contributed by atoms with Gasteiger partial charge in [0.05, 0.1) is 13.2 Å². The Morgan fingerprint density at radius 1 is 1.48 bits per heavy atom. The quantitative estimate of drug-likeness (QED) is 0.886. The zero-order valence-electron chi connectivity index (χ0n) is 13.0. The Bertz CT molecular complexity index is 719. The molecule has 1 aromatic heterocycles. The van der Waals surface area contributed by atoms with Crippen molar-refractivity contribution in [3.05, 3.63) is 35.3 Å². The van der Waals surface area contributed by atoms with E-state index in [4.69, 9.17) is 9.15 Å². The number of hydrogen-bond acceptors (Lipinski definition) is 4. The van der Waals surface area contributed by atoms with Crippen LogP contribution < -0.4 is 5.32 Å². The Balaban J connectivity index is 1.70. The topological polar surface area (TPSA) is 71.7 Å². The van der Waals surface area contributed by atoms with E-state index in [0.717, 1.165) is 17.4 Å². The van der Waals surface area contributed by atoms with Gasteiger partial charge >= 0.3 is 5.97 Å². The Morgan fingerprint density at radius 2 is 2.30 bits per heavy atom. The fourth-order valence-electron chi connectivity index (χ4n) is 3.06. The maximum absolute atomic E-state index is 13.3. The predicted molar refractivity (Wildman–Crippen MR) is 82.7 cm³/mol. The lowest BCUT2D eigenvalue weighted by Gasteiger charge is -2.33. The van der Waals surface area contributed by atoms with Crippen LogP contribution in [-0.2, 0) is 16.1 Å². The number of carboxylic acids is 1. The minimum atomic E-state index is -0.885. The molecule has 1 unspecified atom stereocenters. The van der Waals surface area contributed by atoms with Gasteiger partial charge in [0, 0.05) is 18.5 Å². The van der Waals surface area contributed by atoms with Gasteiger partial charge in [-0.15, -0.1) is 0 Å². The van der Waals surface area contributed by atoms with E-state index in [1.807, 2.05) is 6.92 Å². The first-order chi connectivity index (χ1) is 11.0. The highest BCUT2D eigenvalue weighted by Gasteiger charge is 2.40. The summed E-state index contributed by atoms with van der Waals surface area (Å²) in [6.07, 6.45) is 1.34. The summed E-state index contributed by atoms with van der Waals surface area (Å²) < 4.78 is 24.4. The number of rotatable bonds is 5. The highest BCUT2D eigenvalue weighted by atomic mass is 19.1. The summed E-state index contributed by atoms with van der Waals surface area (Å²) >= 11 is 0. The summed E-state index contributed by atoms with van der Waals surface area (Å²) in [6.45, 7) is 3.42. The number of aliphatic carboxylic acids is 1. The fourth-order valence-corrected chi connectivity index (χ4v) is 3.06. The van der Waals surface area contributed by atoms with E-state index < -0.39 is 11.4 Å². The first-order valence-electron chi connectivity index (χ1n) is 7.71. The van der Waals surface area contributed by atoms with E-state index in [1.165, 1.54) is 12.1 Å². The van der Waals surface area contributed by atoms with Crippen LogP contribution >= 0.6 is 0 Å². The molecule has 1 aliphatic rings. The number of halogens is 1. The van der Waals surface area contributed by atoms with Crippen molar-refractivity contribution in [3.63, 3.8) is 0 Å². The third-order valence-corrected chi connectivity index (χ3v) is 4.52. The summed E-state index contributed by atoms with van der Waals surface area (Å²) in [5.41, 5.74) is 0.621. The lowest BCUT2D eigenvalue weighted by molar-refractivity contribution is -0.157. The predicted octanol–water partition coefficient (Wildman–Crippen LogP) is 2.85. The van der Waals surface area contributed by atoms with Crippen LogP contribution in [0.25, 0.3) is 11.0 Å². The molecule has 0 aliphatic carbocycles. The van der Waals surface area contributed by atoms with Crippen molar-refractivity contribution in [1.29, 1.82) is 0 Å². The van der Waals surface area contributed by atoms with Gasteiger partial charge in [0.2, 0.25) is 0 Å². The van der Waals surface area contributed by atoms with E-state index >= 15 is 0 Å². The second kappa shape index (κ2) is 6.29. The van der Waals surface area contributed by atoms with Crippen LogP contribution in [0.1, 0.15) is 24.2 Å². The van der Waals surface area contributed by atoms with Crippen LogP contribution in [0, 0.1) is 18.2 Å². The molecule has 1 saturated heterocycles. The molecule has 23 heavy (non-hydrogen) atoms. The second-order valence-corrected chi connectivity index (χ2v) is 6.14. The summed E-state index contributed by atoms with van der Waals surface area (Å²) in [5.74, 6) is -0.443. The number of aryl methyl sites for hydroxylation is 1. The number of ether oxygens (including phenoxy) is 1. The van der Waals surface area contributed by atoms with Gasteiger partial charge in [-0.3, -0.25) is 4.79 Å². The molecule has 0 spiro atoms. The van der Waals surface area contributed by atoms with Crippen LogP contribution in [0.4, 0.5) is 4.39 Å². The molecule has 124 valence electrons. The maximum Gasteiger partial charge on any atom is 0.313 e. The molecular formula is C17H20FNO4. The lowest BCUT2D eigenvalue weighted by atomic mass is 9.82. The molecule has 0 radical (unpaired) electrons. The largest absolute Gasteiger partial charge is 0.481 e. The number of nitrogens with one attached hydrogen (secondary N) is 1. The van der Waals surface area contributed by atoms with Gasteiger partial charge in [-0.1, -0.05) is 0 Å². The summed E-state index contributed by atoms with van der Waals surface area (Å²) in [6, 6.07) is 4.42. The molecule has 1 fully saturated rings. The molecule has 2 N–H and O–H groups in total. The van der Waals surface area contributed by atoms with E-state index in [2.05, 4.69) is 5.32 Å². The highest BCUT2D eigenvalue weighted by Crippen LogP contribution is 2.29. The average Bonchev–Trinajstić information content (AvgIpc) is 2.84. The van der Waals surface area contributed by atoms with Gasteiger partial charge in [-0.2, -0.15) is 0 Å². The standard InChI is InChI=1S/C17H20FNO4/c1-11-13-7-12(18)3-4-14(13)23-15(11)8-19-9-17(16(20)21)5-2-6-22-10-17/h3-4,7,19H,2,5-6,8-10H2,1H3,(H,20,21). The number of fused-ring (bicyclic) bond motifs is 1. The number of benzene rings is 1. The molecule has 2 heterocycles. The summed E-state index contributed by atoms with van der Waals surface area (Å²) in [7, 11) is 0. The molecule has 1 aromatic carbocycles. The number of carboxylic acid groups (broad SMARTS) is 1. The monoisotopic (exact) mass is 321 g/mol. The Hall–Kier alpha value is -1.92. The van der Waals surface area contributed by atoms with Gasteiger partial charge in [0.15, 0.2) is 0 Å². The van der Waals surface area contributed by atoms with Crippen molar-refractivity contribution in [3.8, 4) is 0 Å². The van der Waals surface area contributed by atoms with Gasteiger partial charge in [-0.25, -0.2) is 4.39 Å². The molecule has 0 saturated carbocycles. The number of furan rings is 1. The highest BCUT2D eigenvalue weighted by molar-refractivity contribution is 5.82. The normalized spacial score (nSPS) is 21.7. The Labute approximate surface area is 133 Å². The zero-order valence-corrected chi connectivity index (χ0v) is 13.0. The smallest absolute Gasteiger partial charge is 0.313 e. The van der Waals surface area contributed by atoms with Crippen molar-refractivity contribution in [2.75, 3.05) is 19.8 Å². The van der Waals surface area contributed by atoms with E-state index in [-0.39, 0.29) is 12.4 Å². The minimum Gasteiger partial charge on any atom is -0.481 e. The van der Waals surface area contributed by atoms with Crippen LogP contribution in [0.2, 0.25) is 0 Å². The van der Waals surface area contributed by atoms with Gasteiger partial charge < -0.3 is 19.6 Å². The van der Waals surface area contributed by atoms with Crippen LogP contribution in [0.15, 0.2) is 22.6 Å². The molecule has 0 amide bonds. The lowest BCUT2D eigenvalue weighted by Crippen LogP contribution is -2.46. The van der Waals surface area contributed by atoms with Crippen LogP contribution in [0.5, 0.6) is 0 Å². The van der Waals surface area contributed by atoms with Crippen molar-refractivity contribution >= 4 is 16.9 Å². The third kappa shape index (κ3) is 3.09. The van der Waals surface area contributed by atoms with Gasteiger partial charge in [-0.05, 0) is 43.5 Å². The van der Waals surface area contributed by atoms with Crippen LogP contribution in [0.3, 0.4) is 0 Å². The second-order valence-electron chi connectivity index (χ2n) is 6.14. The van der Waals surface area contributed by atoms with Crippen molar-refractivity contribution < 1.29 is 23.4 Å². The molecule has 0 bridgehead atoms. The minimum absolute atomic E-state index is 0.222. The molecule has 1 aliphatic heterocycles. The van der Waals surface area contributed by atoms with E-state index in [9.17, 15) is 14.3 Å². The maximum atomic E-state index is 13.3. The number of hydrogen-bond donors (Lipinski definition) is 2. The summed E-state index contributed by atoms with van der Waals surface area (Å²) in [4.78, 5) is 11.6. The average molecular weight is 321 g/mol. The molecular weight excluding hydrogens is 301 g/mol. The van der Waals surface area contributed by atoms with Crippen molar-refractivity contribution in [1.82, 2.24) is 5.32 Å². The molecule has 1 atom stereocenters. The molecule has 5 nitrogen and oxygen atoms in total. The number of carbonyl (C=O) groups is 1. The first kappa shape index (κ1) is 16.0. The van der Waals surface area contributed by atoms with E-state index in [0.29, 0.717) is 37.5 Å². The SMILES string of the molecule is Cc1c(CNCC2(C(=O)O)CCCOC2)oc2ccc(F)cc12. The first-order valence-corrected chi connectivity index (χ1v) is 7.71. The van der Waals surface area contributed by atoms with Gasteiger partial charge in [0.25, 0.3) is 0 Å². The van der Waals surface area contributed by atoms with Crippen molar-refractivity contribution in [2.24, 2.45) is 5.41 Å². The Morgan fingerprint density at radius 3 is 3.00 bits per heavy atom. The van der Waals surface area contributed by atoms with Crippen molar-refractivity contribution in [2.45, 2.75) is 26.3 Å². The van der Waals surface area contributed by atoms with Gasteiger partial charge in [0.1, 0.15) is 22.6 Å². The zero-order chi connectivity index (χ0) is 16.4. The molecule has 6 heteroatoms. The third-order valence-electron chi connectivity index (χ3n) is 4.52. The summed E-state index contributed by atoms with van der Waals surface area (Å²) in [5, 5.41) is 13.4. The molecule has 2 aromatic rings. The Kier molecular flexibility index (Phi) is 4.37. The molecule has 3 rings (SSSR count). The van der Waals surface area contributed by atoms with Crippen LogP contribution in [-0.4, -0.2) is 30.8 Å². The fraction of sp³-hybridized carbons (Fsp3) is 0.471. The van der Waals surface area contributed by atoms with E-state index in [1.54, 1.807) is 6.07 Å².